The van der Waals surface area contributed by atoms with Crippen LogP contribution in [0, 0.1) is 0 Å². The van der Waals surface area contributed by atoms with Crippen molar-refractivity contribution in [1.29, 1.82) is 0 Å². The minimum Gasteiger partial charge on any atom is -0.378 e. The molecule has 0 amide bonds. The maximum Gasteiger partial charge on any atom is 0.0588 e. The molecule has 2 N–H and O–H groups in total. The second-order valence-corrected chi connectivity index (χ2v) is 5.94. The second-order valence-electron chi connectivity index (χ2n) is 5.94. The number of ether oxygens (including phenoxy) is 1. The predicted molar refractivity (Wildman–Crippen MR) is 79.4 cm³/mol. The Balaban J connectivity index is 1.63. The number of hydrogen-bond donors (Lipinski definition) is 1. The maximum atomic E-state index is 5.71. The van der Waals surface area contributed by atoms with Gasteiger partial charge in [0.2, 0.25) is 0 Å². The van der Waals surface area contributed by atoms with Crippen molar-refractivity contribution in [2.75, 3.05) is 45.9 Å². The van der Waals surface area contributed by atoms with E-state index in [4.69, 9.17) is 10.5 Å². The third kappa shape index (κ3) is 4.71. The van der Waals surface area contributed by atoms with Gasteiger partial charge in [0, 0.05) is 45.4 Å². The third-order valence-corrected chi connectivity index (χ3v) is 4.69. The molecule has 19 heavy (non-hydrogen) atoms. The van der Waals surface area contributed by atoms with Gasteiger partial charge < -0.3 is 15.4 Å². The summed E-state index contributed by atoms with van der Waals surface area (Å²) in [5, 5.41) is 0. The summed E-state index contributed by atoms with van der Waals surface area (Å²) >= 11 is 0. The van der Waals surface area contributed by atoms with E-state index in [-0.39, 0.29) is 0 Å². The summed E-state index contributed by atoms with van der Waals surface area (Å²) in [6.45, 7) is 10.2. The molecule has 2 rings (SSSR count). The van der Waals surface area contributed by atoms with Crippen LogP contribution in [0.4, 0.5) is 0 Å². The van der Waals surface area contributed by atoms with Gasteiger partial charge in [0.05, 0.1) is 6.10 Å². The van der Waals surface area contributed by atoms with E-state index >= 15 is 0 Å². The second kappa shape index (κ2) is 8.20. The summed E-state index contributed by atoms with van der Waals surface area (Å²) < 4.78 is 5.70. The molecule has 4 heteroatoms. The Bertz CT molecular complexity index is 236. The van der Waals surface area contributed by atoms with Gasteiger partial charge in [-0.2, -0.15) is 0 Å². The van der Waals surface area contributed by atoms with Crippen LogP contribution in [0.25, 0.3) is 0 Å². The van der Waals surface area contributed by atoms with Crippen molar-refractivity contribution in [1.82, 2.24) is 9.80 Å². The summed E-state index contributed by atoms with van der Waals surface area (Å²) in [4.78, 5) is 5.24. The highest BCUT2D eigenvalue weighted by atomic mass is 16.5. The Morgan fingerprint density at radius 1 is 1.26 bits per heavy atom. The molecule has 2 heterocycles. The SMILES string of the molecule is CCC(CCN)N1CCN(CCC2CCCO2)CC1. The molecular weight excluding hydrogens is 238 g/mol. The number of nitrogens with two attached hydrogens (primary N) is 1. The van der Waals surface area contributed by atoms with Crippen LogP contribution in [0.5, 0.6) is 0 Å². The average molecular weight is 269 g/mol. The van der Waals surface area contributed by atoms with Gasteiger partial charge in [0.25, 0.3) is 0 Å². The van der Waals surface area contributed by atoms with Crippen LogP contribution < -0.4 is 5.73 Å². The van der Waals surface area contributed by atoms with Gasteiger partial charge in [-0.1, -0.05) is 6.92 Å². The molecule has 2 unspecified atom stereocenters. The lowest BCUT2D eigenvalue weighted by Gasteiger charge is -2.39. The Kier molecular flexibility index (Phi) is 6.57. The summed E-state index contributed by atoms with van der Waals surface area (Å²) in [5.41, 5.74) is 5.71. The smallest absolute Gasteiger partial charge is 0.0588 e. The highest BCUT2D eigenvalue weighted by molar-refractivity contribution is 4.79. The van der Waals surface area contributed by atoms with E-state index in [0.717, 1.165) is 19.6 Å². The van der Waals surface area contributed by atoms with Gasteiger partial charge in [-0.05, 0) is 38.6 Å². The quantitative estimate of drug-likeness (QED) is 0.756. The van der Waals surface area contributed by atoms with Gasteiger partial charge in [0.15, 0.2) is 0 Å². The summed E-state index contributed by atoms with van der Waals surface area (Å²) in [5.74, 6) is 0. The first-order chi connectivity index (χ1) is 9.33. The van der Waals surface area contributed by atoms with Gasteiger partial charge in [0.1, 0.15) is 0 Å². The van der Waals surface area contributed by atoms with Crippen molar-refractivity contribution in [3.8, 4) is 0 Å². The van der Waals surface area contributed by atoms with E-state index in [0.29, 0.717) is 12.1 Å². The molecule has 4 nitrogen and oxygen atoms in total. The van der Waals surface area contributed by atoms with Gasteiger partial charge in [-0.3, -0.25) is 4.90 Å². The Morgan fingerprint density at radius 3 is 2.63 bits per heavy atom. The molecule has 0 saturated carbocycles. The van der Waals surface area contributed by atoms with E-state index < -0.39 is 0 Å². The summed E-state index contributed by atoms with van der Waals surface area (Å²) in [7, 11) is 0. The number of rotatable bonds is 7. The summed E-state index contributed by atoms with van der Waals surface area (Å²) in [6.07, 6.45) is 6.67. The van der Waals surface area contributed by atoms with Crippen LogP contribution in [0.2, 0.25) is 0 Å². The predicted octanol–water partition coefficient (Wildman–Crippen LogP) is 1.30. The molecule has 2 aliphatic heterocycles. The van der Waals surface area contributed by atoms with E-state index in [1.165, 1.54) is 58.4 Å². The third-order valence-electron chi connectivity index (χ3n) is 4.69. The molecule has 2 saturated heterocycles. The zero-order valence-corrected chi connectivity index (χ0v) is 12.5. The van der Waals surface area contributed by atoms with Crippen molar-refractivity contribution in [2.24, 2.45) is 5.73 Å². The van der Waals surface area contributed by atoms with Crippen molar-refractivity contribution >= 4 is 0 Å². The fraction of sp³-hybridized carbons (Fsp3) is 1.00. The molecule has 0 radical (unpaired) electrons. The monoisotopic (exact) mass is 269 g/mol. The Morgan fingerprint density at radius 2 is 2.05 bits per heavy atom. The molecule has 112 valence electrons. The molecule has 2 fully saturated rings. The van der Waals surface area contributed by atoms with Crippen LogP contribution in [-0.4, -0.2) is 67.8 Å². The van der Waals surface area contributed by atoms with Crippen LogP contribution in [0.15, 0.2) is 0 Å². The Labute approximate surface area is 118 Å². The van der Waals surface area contributed by atoms with Crippen molar-refractivity contribution in [3.63, 3.8) is 0 Å². The molecule has 0 aromatic carbocycles. The largest absolute Gasteiger partial charge is 0.378 e. The van der Waals surface area contributed by atoms with E-state index in [9.17, 15) is 0 Å². The van der Waals surface area contributed by atoms with Gasteiger partial charge >= 0.3 is 0 Å². The zero-order chi connectivity index (χ0) is 13.5. The maximum absolute atomic E-state index is 5.71. The van der Waals surface area contributed by atoms with Crippen LogP contribution in [0.3, 0.4) is 0 Å². The molecule has 0 aromatic rings. The summed E-state index contributed by atoms with van der Waals surface area (Å²) in [6, 6.07) is 0.699. The minimum atomic E-state index is 0.540. The first kappa shape index (κ1) is 15.2. The fourth-order valence-corrected chi connectivity index (χ4v) is 3.39. The van der Waals surface area contributed by atoms with Crippen molar-refractivity contribution in [2.45, 2.75) is 51.2 Å². The fourth-order valence-electron chi connectivity index (χ4n) is 3.39. The number of nitrogens with zero attached hydrogens (tertiary/aromatic N) is 2. The van der Waals surface area contributed by atoms with E-state index in [2.05, 4.69) is 16.7 Å². The highest BCUT2D eigenvalue weighted by Crippen LogP contribution is 2.17. The molecule has 0 aliphatic carbocycles. The van der Waals surface area contributed by atoms with Crippen molar-refractivity contribution < 1.29 is 4.74 Å². The lowest BCUT2D eigenvalue weighted by molar-refractivity contribution is 0.0642. The van der Waals surface area contributed by atoms with E-state index in [1.54, 1.807) is 0 Å². The zero-order valence-electron chi connectivity index (χ0n) is 12.5. The number of hydrogen-bond acceptors (Lipinski definition) is 4. The Hall–Kier alpha value is -0.160. The van der Waals surface area contributed by atoms with Crippen molar-refractivity contribution in [3.05, 3.63) is 0 Å². The number of piperazine rings is 1. The van der Waals surface area contributed by atoms with E-state index in [1.807, 2.05) is 0 Å². The van der Waals surface area contributed by atoms with Crippen LogP contribution in [-0.2, 0) is 4.74 Å². The lowest BCUT2D eigenvalue weighted by Crippen LogP contribution is -2.50. The normalized spacial score (nSPS) is 27.8. The lowest BCUT2D eigenvalue weighted by atomic mass is 10.1. The first-order valence-corrected chi connectivity index (χ1v) is 8.11. The molecular formula is C15H31N3O. The standard InChI is InChI=1S/C15H31N3O/c1-2-14(5-7-16)18-11-9-17(10-12-18)8-6-15-4-3-13-19-15/h14-15H,2-13,16H2,1H3. The molecule has 2 atom stereocenters. The molecule has 0 spiro atoms. The van der Waals surface area contributed by atoms with Crippen LogP contribution >= 0.6 is 0 Å². The van der Waals surface area contributed by atoms with Crippen LogP contribution in [0.1, 0.15) is 39.0 Å². The highest BCUT2D eigenvalue weighted by Gasteiger charge is 2.23. The first-order valence-electron chi connectivity index (χ1n) is 8.11. The molecule has 0 aromatic heterocycles. The van der Waals surface area contributed by atoms with Gasteiger partial charge in [-0.25, -0.2) is 0 Å². The molecule has 0 bridgehead atoms. The van der Waals surface area contributed by atoms with Gasteiger partial charge in [-0.15, -0.1) is 0 Å². The average Bonchev–Trinajstić information content (AvgIpc) is 2.96. The molecule has 2 aliphatic rings. The topological polar surface area (TPSA) is 41.7 Å². The minimum absolute atomic E-state index is 0.540.